The van der Waals surface area contributed by atoms with Gasteiger partial charge >= 0.3 is 0 Å². The Hall–Kier alpha value is -0.900. The summed E-state index contributed by atoms with van der Waals surface area (Å²) in [6.07, 6.45) is 3.90. The highest BCUT2D eigenvalue weighted by molar-refractivity contribution is 5.17. The Balaban J connectivity index is 1.78. The predicted molar refractivity (Wildman–Crippen MR) is 67.6 cm³/mol. The molecule has 1 aromatic carbocycles. The molecule has 1 aliphatic carbocycles. The second kappa shape index (κ2) is 6.15. The lowest BCUT2D eigenvalue weighted by atomic mass is 9.93. The van der Waals surface area contributed by atoms with Crippen molar-refractivity contribution in [1.29, 1.82) is 0 Å². The summed E-state index contributed by atoms with van der Waals surface area (Å²) in [6, 6.07) is 9.89. The van der Waals surface area contributed by atoms with Crippen LogP contribution in [-0.2, 0) is 4.74 Å². The van der Waals surface area contributed by atoms with Crippen LogP contribution in [0.3, 0.4) is 0 Å². The maximum absolute atomic E-state index is 9.96. The fourth-order valence-electron chi connectivity index (χ4n) is 2.33. The van der Waals surface area contributed by atoms with E-state index in [1.807, 2.05) is 30.3 Å². The molecular formula is C14H21NO2. The van der Waals surface area contributed by atoms with Crippen LogP contribution in [0.2, 0.25) is 0 Å². The molecule has 3 N–H and O–H groups in total. The van der Waals surface area contributed by atoms with E-state index in [4.69, 9.17) is 10.5 Å². The van der Waals surface area contributed by atoms with Gasteiger partial charge < -0.3 is 15.6 Å². The molecule has 0 spiro atoms. The van der Waals surface area contributed by atoms with Crippen LogP contribution in [0.15, 0.2) is 30.3 Å². The van der Waals surface area contributed by atoms with Crippen molar-refractivity contribution in [3.05, 3.63) is 35.9 Å². The number of hydrogen-bond acceptors (Lipinski definition) is 3. The molecule has 3 nitrogen and oxygen atoms in total. The zero-order chi connectivity index (χ0) is 12.1. The van der Waals surface area contributed by atoms with Crippen LogP contribution < -0.4 is 5.73 Å². The highest BCUT2D eigenvalue weighted by atomic mass is 16.5. The Morgan fingerprint density at radius 3 is 2.76 bits per heavy atom. The minimum Gasteiger partial charge on any atom is -0.386 e. The maximum atomic E-state index is 9.96. The molecule has 0 radical (unpaired) electrons. The van der Waals surface area contributed by atoms with Gasteiger partial charge in [0.1, 0.15) is 6.10 Å². The van der Waals surface area contributed by atoms with Crippen LogP contribution in [0, 0.1) is 0 Å². The first-order chi connectivity index (χ1) is 8.25. The van der Waals surface area contributed by atoms with E-state index in [0.29, 0.717) is 6.61 Å². The van der Waals surface area contributed by atoms with Crippen molar-refractivity contribution < 1.29 is 9.84 Å². The minimum atomic E-state index is -0.533. The predicted octanol–water partition coefficient (Wildman–Crippen LogP) is 2.01. The molecule has 1 saturated carbocycles. The molecule has 17 heavy (non-hydrogen) atoms. The Morgan fingerprint density at radius 1 is 1.29 bits per heavy atom. The fourth-order valence-corrected chi connectivity index (χ4v) is 2.33. The first kappa shape index (κ1) is 12.6. The van der Waals surface area contributed by atoms with Gasteiger partial charge in [-0.1, -0.05) is 30.3 Å². The zero-order valence-corrected chi connectivity index (χ0v) is 10.1. The molecule has 1 aromatic rings. The van der Waals surface area contributed by atoms with Crippen molar-refractivity contribution in [2.45, 2.75) is 43.9 Å². The van der Waals surface area contributed by atoms with Crippen LogP contribution in [0.5, 0.6) is 0 Å². The van der Waals surface area contributed by atoms with Crippen molar-refractivity contribution in [2.24, 2.45) is 5.73 Å². The lowest BCUT2D eigenvalue weighted by Crippen LogP contribution is -2.32. The van der Waals surface area contributed by atoms with Gasteiger partial charge in [-0.15, -0.1) is 0 Å². The van der Waals surface area contributed by atoms with Crippen LogP contribution in [0.25, 0.3) is 0 Å². The number of benzene rings is 1. The summed E-state index contributed by atoms with van der Waals surface area (Å²) in [5.41, 5.74) is 6.81. The van der Waals surface area contributed by atoms with Gasteiger partial charge in [0.2, 0.25) is 0 Å². The first-order valence-electron chi connectivity index (χ1n) is 6.36. The standard InChI is InChI=1S/C14H21NO2/c15-12-7-4-8-13(9-12)17-10-14(16)11-5-2-1-3-6-11/h1-3,5-6,12-14,16H,4,7-10,15H2. The average Bonchev–Trinajstić information content (AvgIpc) is 2.37. The molecule has 0 aliphatic heterocycles. The monoisotopic (exact) mass is 235 g/mol. The lowest BCUT2D eigenvalue weighted by Gasteiger charge is -2.27. The van der Waals surface area contributed by atoms with Crippen molar-refractivity contribution >= 4 is 0 Å². The fraction of sp³-hybridized carbons (Fsp3) is 0.571. The third-order valence-corrected chi connectivity index (χ3v) is 3.34. The lowest BCUT2D eigenvalue weighted by molar-refractivity contribution is -0.0273. The largest absolute Gasteiger partial charge is 0.386 e. The van der Waals surface area contributed by atoms with Gasteiger partial charge in [0.25, 0.3) is 0 Å². The second-order valence-corrected chi connectivity index (χ2v) is 4.81. The number of aliphatic hydroxyl groups excluding tert-OH is 1. The van der Waals surface area contributed by atoms with E-state index in [1.54, 1.807) is 0 Å². The molecule has 3 atom stereocenters. The van der Waals surface area contributed by atoms with E-state index in [1.165, 1.54) is 0 Å². The summed E-state index contributed by atoms with van der Waals surface area (Å²) < 4.78 is 5.74. The summed E-state index contributed by atoms with van der Waals surface area (Å²) in [4.78, 5) is 0. The quantitative estimate of drug-likeness (QED) is 0.839. The Morgan fingerprint density at radius 2 is 2.06 bits per heavy atom. The van der Waals surface area contributed by atoms with Crippen molar-refractivity contribution in [2.75, 3.05) is 6.61 Å². The molecule has 94 valence electrons. The van der Waals surface area contributed by atoms with E-state index in [9.17, 15) is 5.11 Å². The summed E-state index contributed by atoms with van der Waals surface area (Å²) in [5.74, 6) is 0. The zero-order valence-electron chi connectivity index (χ0n) is 10.1. The maximum Gasteiger partial charge on any atom is 0.102 e. The molecule has 0 bridgehead atoms. The molecule has 2 rings (SSSR count). The number of ether oxygens (including phenoxy) is 1. The van der Waals surface area contributed by atoms with Crippen LogP contribution in [0.4, 0.5) is 0 Å². The minimum absolute atomic E-state index is 0.220. The molecule has 0 aromatic heterocycles. The highest BCUT2D eigenvalue weighted by Crippen LogP contribution is 2.21. The second-order valence-electron chi connectivity index (χ2n) is 4.81. The third-order valence-electron chi connectivity index (χ3n) is 3.34. The van der Waals surface area contributed by atoms with Gasteiger partial charge in [-0.3, -0.25) is 0 Å². The third kappa shape index (κ3) is 3.80. The van der Waals surface area contributed by atoms with Gasteiger partial charge in [-0.05, 0) is 31.2 Å². The Bertz CT molecular complexity index is 328. The number of nitrogens with two attached hydrogens (primary N) is 1. The van der Waals surface area contributed by atoms with Crippen LogP contribution in [0.1, 0.15) is 37.4 Å². The average molecular weight is 235 g/mol. The molecular weight excluding hydrogens is 214 g/mol. The summed E-state index contributed by atoms with van der Waals surface area (Å²) in [5, 5.41) is 9.96. The first-order valence-corrected chi connectivity index (χ1v) is 6.36. The van der Waals surface area contributed by atoms with Gasteiger partial charge in [-0.2, -0.15) is 0 Å². The molecule has 3 unspecified atom stereocenters. The molecule has 0 saturated heterocycles. The smallest absolute Gasteiger partial charge is 0.102 e. The summed E-state index contributed by atoms with van der Waals surface area (Å²) >= 11 is 0. The molecule has 1 fully saturated rings. The van der Waals surface area contributed by atoms with Gasteiger partial charge in [-0.25, -0.2) is 0 Å². The normalized spacial score (nSPS) is 26.7. The highest BCUT2D eigenvalue weighted by Gasteiger charge is 2.20. The van der Waals surface area contributed by atoms with Gasteiger partial charge in [0.05, 0.1) is 12.7 Å². The SMILES string of the molecule is NC1CCCC(OCC(O)c2ccccc2)C1. The number of aliphatic hydroxyl groups is 1. The van der Waals surface area contributed by atoms with Gasteiger partial charge in [0, 0.05) is 6.04 Å². The van der Waals surface area contributed by atoms with Gasteiger partial charge in [0.15, 0.2) is 0 Å². The van der Waals surface area contributed by atoms with E-state index >= 15 is 0 Å². The van der Waals surface area contributed by atoms with Crippen molar-refractivity contribution in [3.8, 4) is 0 Å². The Kier molecular flexibility index (Phi) is 4.54. The van der Waals surface area contributed by atoms with Crippen molar-refractivity contribution in [3.63, 3.8) is 0 Å². The molecule has 3 heteroatoms. The number of hydrogen-bond donors (Lipinski definition) is 2. The van der Waals surface area contributed by atoms with E-state index in [-0.39, 0.29) is 12.1 Å². The molecule has 0 heterocycles. The Labute approximate surface area is 103 Å². The van der Waals surface area contributed by atoms with Crippen LogP contribution >= 0.6 is 0 Å². The van der Waals surface area contributed by atoms with E-state index < -0.39 is 6.10 Å². The summed E-state index contributed by atoms with van der Waals surface area (Å²) in [6.45, 7) is 0.363. The van der Waals surface area contributed by atoms with Crippen molar-refractivity contribution in [1.82, 2.24) is 0 Å². The topological polar surface area (TPSA) is 55.5 Å². The molecule has 0 amide bonds. The van der Waals surface area contributed by atoms with E-state index in [0.717, 1.165) is 31.2 Å². The van der Waals surface area contributed by atoms with Crippen LogP contribution in [-0.4, -0.2) is 23.9 Å². The van der Waals surface area contributed by atoms with E-state index in [2.05, 4.69) is 0 Å². The molecule has 1 aliphatic rings. The summed E-state index contributed by atoms with van der Waals surface area (Å²) in [7, 11) is 0. The number of rotatable bonds is 4.